The summed E-state index contributed by atoms with van der Waals surface area (Å²) in [6.45, 7) is 2.01. The standard InChI is InChI=1S/C26H28FN5O5/c1-16(33)17-7-9-20(10-8-17)29-26(37)31-12-13-32(25(36)18-4-2-5-19(27)14-18)22(15-31)24(35)30-21-6-3-11-28-23(21)34/h2,4-5,7-10,14,21-22H,3,6,11-13,15H2,1H3,(H,28,34)(H,29,37)(H,30,35)/t21-,22-/m0/s1. The minimum Gasteiger partial charge on any atom is -0.354 e. The average Bonchev–Trinajstić information content (AvgIpc) is 2.89. The second-order valence-corrected chi connectivity index (χ2v) is 9.03. The Labute approximate surface area is 213 Å². The Bertz CT molecular complexity index is 1220. The lowest BCUT2D eigenvalue weighted by Crippen LogP contribution is -2.64. The number of benzene rings is 2. The summed E-state index contributed by atoms with van der Waals surface area (Å²) < 4.78 is 13.8. The SMILES string of the molecule is CC(=O)c1ccc(NC(=O)N2CCN(C(=O)c3cccc(F)c3)[C@H](C(=O)N[C@H]3CCCNC3=O)C2)cc1. The van der Waals surface area contributed by atoms with Crippen LogP contribution in [0.4, 0.5) is 14.9 Å². The number of hydrogen-bond acceptors (Lipinski definition) is 5. The fourth-order valence-corrected chi connectivity index (χ4v) is 4.39. The van der Waals surface area contributed by atoms with Crippen LogP contribution in [0.5, 0.6) is 0 Å². The number of halogens is 1. The number of nitrogens with zero attached hydrogens (tertiary/aromatic N) is 2. The highest BCUT2D eigenvalue weighted by molar-refractivity contribution is 5.99. The smallest absolute Gasteiger partial charge is 0.321 e. The molecule has 2 aliphatic rings. The molecule has 194 valence electrons. The van der Waals surface area contributed by atoms with Crippen LogP contribution in [0.15, 0.2) is 48.5 Å². The first-order valence-electron chi connectivity index (χ1n) is 12.0. The van der Waals surface area contributed by atoms with Crippen LogP contribution in [0.3, 0.4) is 0 Å². The number of nitrogens with one attached hydrogen (secondary N) is 3. The second-order valence-electron chi connectivity index (χ2n) is 9.03. The summed E-state index contributed by atoms with van der Waals surface area (Å²) >= 11 is 0. The van der Waals surface area contributed by atoms with Crippen molar-refractivity contribution in [2.75, 3.05) is 31.5 Å². The van der Waals surface area contributed by atoms with E-state index >= 15 is 0 Å². The highest BCUT2D eigenvalue weighted by atomic mass is 19.1. The lowest BCUT2D eigenvalue weighted by Gasteiger charge is -2.41. The summed E-state index contributed by atoms with van der Waals surface area (Å²) in [5.74, 6) is -2.11. The number of rotatable bonds is 5. The molecule has 2 aromatic carbocycles. The van der Waals surface area contributed by atoms with Crippen molar-refractivity contribution in [2.45, 2.75) is 31.8 Å². The van der Waals surface area contributed by atoms with Crippen molar-refractivity contribution in [3.8, 4) is 0 Å². The van der Waals surface area contributed by atoms with Gasteiger partial charge in [-0.05, 0) is 62.2 Å². The lowest BCUT2D eigenvalue weighted by molar-refractivity contribution is -0.133. The van der Waals surface area contributed by atoms with E-state index in [-0.39, 0.29) is 36.9 Å². The fraction of sp³-hybridized carbons (Fsp3) is 0.346. The second kappa shape index (κ2) is 11.2. The predicted molar refractivity (Wildman–Crippen MR) is 132 cm³/mol. The van der Waals surface area contributed by atoms with Gasteiger partial charge in [0.05, 0.1) is 6.54 Å². The normalized spacial score (nSPS) is 19.6. The van der Waals surface area contributed by atoms with E-state index in [4.69, 9.17) is 0 Å². The number of anilines is 1. The van der Waals surface area contributed by atoms with Crippen molar-refractivity contribution in [3.05, 3.63) is 65.5 Å². The molecular weight excluding hydrogens is 481 g/mol. The van der Waals surface area contributed by atoms with Gasteiger partial charge in [-0.2, -0.15) is 0 Å². The molecule has 5 amide bonds. The Morgan fingerprint density at radius 1 is 1.03 bits per heavy atom. The lowest BCUT2D eigenvalue weighted by atomic mass is 10.0. The number of piperidine rings is 1. The number of urea groups is 1. The molecule has 0 spiro atoms. The van der Waals surface area contributed by atoms with Gasteiger partial charge in [0.25, 0.3) is 5.91 Å². The van der Waals surface area contributed by atoms with Crippen molar-refractivity contribution >= 4 is 35.2 Å². The predicted octanol–water partition coefficient (Wildman–Crippen LogP) is 1.78. The number of carbonyl (C=O) groups excluding carboxylic acids is 5. The number of carbonyl (C=O) groups is 5. The Kier molecular flexibility index (Phi) is 7.80. The van der Waals surface area contributed by atoms with Crippen molar-refractivity contribution in [2.24, 2.45) is 0 Å². The van der Waals surface area contributed by atoms with Gasteiger partial charge < -0.3 is 25.8 Å². The van der Waals surface area contributed by atoms with Crippen LogP contribution < -0.4 is 16.0 Å². The van der Waals surface area contributed by atoms with Gasteiger partial charge in [-0.3, -0.25) is 19.2 Å². The zero-order valence-electron chi connectivity index (χ0n) is 20.3. The zero-order valence-corrected chi connectivity index (χ0v) is 20.3. The van der Waals surface area contributed by atoms with Gasteiger partial charge in [-0.25, -0.2) is 9.18 Å². The van der Waals surface area contributed by atoms with Crippen LogP contribution in [-0.2, 0) is 9.59 Å². The van der Waals surface area contributed by atoms with E-state index < -0.39 is 35.7 Å². The molecule has 0 unspecified atom stereocenters. The van der Waals surface area contributed by atoms with Crippen LogP contribution in [0, 0.1) is 5.82 Å². The van der Waals surface area contributed by atoms with Gasteiger partial charge in [0, 0.05) is 36.4 Å². The third kappa shape index (κ3) is 6.11. The molecule has 10 nitrogen and oxygen atoms in total. The topological polar surface area (TPSA) is 128 Å². The summed E-state index contributed by atoms with van der Waals surface area (Å²) in [6.07, 6.45) is 1.16. The van der Waals surface area contributed by atoms with Gasteiger partial charge in [0.1, 0.15) is 17.9 Å². The van der Waals surface area contributed by atoms with Gasteiger partial charge in [0.2, 0.25) is 11.8 Å². The van der Waals surface area contributed by atoms with E-state index in [1.807, 2.05) is 0 Å². The van der Waals surface area contributed by atoms with Gasteiger partial charge >= 0.3 is 6.03 Å². The summed E-state index contributed by atoms with van der Waals surface area (Å²) in [4.78, 5) is 65.9. The molecule has 2 aliphatic heterocycles. The van der Waals surface area contributed by atoms with Crippen LogP contribution in [0.2, 0.25) is 0 Å². The van der Waals surface area contributed by atoms with Crippen molar-refractivity contribution in [1.82, 2.24) is 20.4 Å². The van der Waals surface area contributed by atoms with Gasteiger partial charge in [-0.15, -0.1) is 0 Å². The maximum absolute atomic E-state index is 13.8. The molecule has 0 aromatic heterocycles. The summed E-state index contributed by atoms with van der Waals surface area (Å²) in [5, 5.41) is 8.14. The number of piperazine rings is 1. The quantitative estimate of drug-likeness (QED) is 0.530. The molecule has 0 saturated carbocycles. The van der Waals surface area contributed by atoms with Crippen LogP contribution in [0.25, 0.3) is 0 Å². The minimum absolute atomic E-state index is 0.0288. The summed E-state index contributed by atoms with van der Waals surface area (Å²) in [6, 6.07) is 9.25. The molecule has 0 radical (unpaired) electrons. The van der Waals surface area contributed by atoms with Crippen molar-refractivity contribution in [3.63, 3.8) is 0 Å². The maximum Gasteiger partial charge on any atom is 0.321 e. The third-order valence-corrected chi connectivity index (χ3v) is 6.45. The van der Waals surface area contributed by atoms with Gasteiger partial charge in [0.15, 0.2) is 5.78 Å². The maximum atomic E-state index is 13.8. The van der Waals surface area contributed by atoms with Crippen LogP contribution in [-0.4, -0.2) is 77.6 Å². The van der Waals surface area contributed by atoms with E-state index in [9.17, 15) is 28.4 Å². The largest absolute Gasteiger partial charge is 0.354 e. The summed E-state index contributed by atoms with van der Waals surface area (Å²) in [7, 11) is 0. The number of Topliss-reactive ketones (excluding diaryl/α,β-unsaturated/α-hetero) is 1. The molecule has 4 rings (SSSR count). The zero-order chi connectivity index (χ0) is 26.5. The molecule has 0 aliphatic carbocycles. The first-order chi connectivity index (χ1) is 17.7. The van der Waals surface area contributed by atoms with E-state index in [1.54, 1.807) is 24.3 Å². The molecular formula is C26H28FN5O5. The van der Waals surface area contributed by atoms with Crippen LogP contribution in [0.1, 0.15) is 40.5 Å². The highest BCUT2D eigenvalue weighted by Gasteiger charge is 2.39. The van der Waals surface area contributed by atoms with E-state index in [2.05, 4.69) is 16.0 Å². The minimum atomic E-state index is -1.09. The molecule has 2 fully saturated rings. The third-order valence-electron chi connectivity index (χ3n) is 6.45. The van der Waals surface area contributed by atoms with Gasteiger partial charge in [-0.1, -0.05) is 6.07 Å². The van der Waals surface area contributed by atoms with E-state index in [0.717, 1.165) is 6.07 Å². The Morgan fingerprint density at radius 2 is 1.78 bits per heavy atom. The molecule has 11 heteroatoms. The average molecular weight is 510 g/mol. The number of ketones is 1. The molecule has 3 N–H and O–H groups in total. The Hall–Kier alpha value is -4.28. The molecule has 2 heterocycles. The van der Waals surface area contributed by atoms with Crippen molar-refractivity contribution in [1.29, 1.82) is 0 Å². The molecule has 0 bridgehead atoms. The van der Waals surface area contributed by atoms with Crippen molar-refractivity contribution < 1.29 is 28.4 Å². The summed E-state index contributed by atoms with van der Waals surface area (Å²) in [5.41, 5.74) is 1.05. The monoisotopic (exact) mass is 509 g/mol. The molecule has 2 aromatic rings. The van der Waals surface area contributed by atoms with E-state index in [1.165, 1.54) is 34.9 Å². The van der Waals surface area contributed by atoms with E-state index in [0.29, 0.717) is 30.6 Å². The number of amides is 5. The first-order valence-corrected chi connectivity index (χ1v) is 12.0. The highest BCUT2D eigenvalue weighted by Crippen LogP contribution is 2.18. The molecule has 37 heavy (non-hydrogen) atoms. The number of hydrogen-bond donors (Lipinski definition) is 3. The Balaban J connectivity index is 1.51. The van der Waals surface area contributed by atoms with Crippen LogP contribution >= 0.6 is 0 Å². The molecule has 2 saturated heterocycles. The fourth-order valence-electron chi connectivity index (χ4n) is 4.39. The Morgan fingerprint density at radius 3 is 2.46 bits per heavy atom. The first kappa shape index (κ1) is 25.8. The molecule has 2 atom stereocenters.